The number of carbonyl (C=O) groups excluding carboxylic acids is 2. The standard InChI is InChI=1S/C20H20N4O2S/c25-19(17-4-1-11-23(17)20(26)18-5-2-13-27-18)21-14-15-6-8-16(9-7-15)24-12-3-10-22-24/h2-3,5-10,12-13,17H,1,4,11,14H2,(H,21,25)/t17-/m0/s1. The van der Waals surface area contributed by atoms with Crippen LogP contribution in [0, 0.1) is 0 Å². The Morgan fingerprint density at radius 1 is 1.19 bits per heavy atom. The molecule has 6 nitrogen and oxygen atoms in total. The summed E-state index contributed by atoms with van der Waals surface area (Å²) in [6, 6.07) is 13.0. The average Bonchev–Trinajstić information content (AvgIpc) is 3.47. The minimum atomic E-state index is -0.386. The lowest BCUT2D eigenvalue weighted by Crippen LogP contribution is -2.45. The molecule has 3 heterocycles. The third-order valence-electron chi connectivity index (χ3n) is 4.72. The van der Waals surface area contributed by atoms with Gasteiger partial charge < -0.3 is 10.2 Å². The number of nitrogens with one attached hydrogen (secondary N) is 1. The van der Waals surface area contributed by atoms with Crippen molar-refractivity contribution in [2.75, 3.05) is 6.54 Å². The molecule has 0 saturated carbocycles. The van der Waals surface area contributed by atoms with Gasteiger partial charge in [-0.15, -0.1) is 11.3 Å². The summed E-state index contributed by atoms with van der Waals surface area (Å²) in [6.45, 7) is 1.07. The van der Waals surface area contributed by atoms with Crippen LogP contribution in [-0.2, 0) is 11.3 Å². The first-order chi connectivity index (χ1) is 13.2. The Balaban J connectivity index is 1.36. The molecule has 138 valence electrons. The van der Waals surface area contributed by atoms with Crippen molar-refractivity contribution in [1.29, 1.82) is 0 Å². The van der Waals surface area contributed by atoms with E-state index in [0.717, 1.165) is 17.7 Å². The molecule has 1 fully saturated rings. The van der Waals surface area contributed by atoms with E-state index >= 15 is 0 Å². The first-order valence-electron chi connectivity index (χ1n) is 8.93. The minimum absolute atomic E-state index is 0.0498. The van der Waals surface area contributed by atoms with Crippen molar-refractivity contribution in [1.82, 2.24) is 20.0 Å². The molecule has 0 spiro atoms. The number of hydrogen-bond acceptors (Lipinski definition) is 4. The average molecular weight is 380 g/mol. The number of nitrogens with zero attached hydrogens (tertiary/aromatic N) is 3. The van der Waals surface area contributed by atoms with Crippen molar-refractivity contribution in [3.63, 3.8) is 0 Å². The van der Waals surface area contributed by atoms with E-state index in [0.29, 0.717) is 24.4 Å². The second kappa shape index (κ2) is 7.75. The molecule has 3 aromatic rings. The molecular formula is C20H20N4O2S. The number of aromatic nitrogens is 2. The van der Waals surface area contributed by atoms with Crippen molar-refractivity contribution in [2.24, 2.45) is 0 Å². The summed E-state index contributed by atoms with van der Waals surface area (Å²) in [5, 5.41) is 9.05. The van der Waals surface area contributed by atoms with Gasteiger partial charge in [-0.2, -0.15) is 5.10 Å². The van der Waals surface area contributed by atoms with Gasteiger partial charge in [-0.05, 0) is 48.1 Å². The second-order valence-electron chi connectivity index (χ2n) is 6.47. The third-order valence-corrected chi connectivity index (χ3v) is 5.58. The molecule has 0 unspecified atom stereocenters. The van der Waals surface area contributed by atoms with Crippen LogP contribution in [0.1, 0.15) is 28.1 Å². The van der Waals surface area contributed by atoms with Gasteiger partial charge >= 0.3 is 0 Å². The van der Waals surface area contributed by atoms with Gasteiger partial charge in [0.25, 0.3) is 5.91 Å². The van der Waals surface area contributed by atoms with Crippen LogP contribution in [0.2, 0.25) is 0 Å². The number of amides is 2. The highest BCUT2D eigenvalue weighted by molar-refractivity contribution is 7.12. The summed E-state index contributed by atoms with van der Waals surface area (Å²) in [4.78, 5) is 27.6. The van der Waals surface area contributed by atoms with E-state index in [9.17, 15) is 9.59 Å². The fraction of sp³-hybridized carbons (Fsp3) is 0.250. The predicted octanol–water partition coefficient (Wildman–Crippen LogP) is 2.85. The smallest absolute Gasteiger partial charge is 0.264 e. The Labute approximate surface area is 161 Å². The molecule has 1 N–H and O–H groups in total. The number of hydrogen-bond donors (Lipinski definition) is 1. The van der Waals surface area contributed by atoms with Crippen molar-refractivity contribution in [3.8, 4) is 5.69 Å². The Bertz CT molecular complexity index is 904. The number of likely N-dealkylation sites (tertiary alicyclic amines) is 1. The highest BCUT2D eigenvalue weighted by atomic mass is 32.1. The summed E-state index contributed by atoms with van der Waals surface area (Å²) < 4.78 is 1.79. The van der Waals surface area contributed by atoms with Gasteiger partial charge in [0.2, 0.25) is 5.91 Å². The maximum Gasteiger partial charge on any atom is 0.264 e. The summed E-state index contributed by atoms with van der Waals surface area (Å²) >= 11 is 1.41. The van der Waals surface area contributed by atoms with Crippen LogP contribution in [0.5, 0.6) is 0 Å². The molecule has 0 bridgehead atoms. The van der Waals surface area contributed by atoms with Crippen LogP contribution >= 0.6 is 11.3 Å². The van der Waals surface area contributed by atoms with Gasteiger partial charge in [0.05, 0.1) is 10.6 Å². The van der Waals surface area contributed by atoms with Crippen molar-refractivity contribution in [3.05, 3.63) is 70.7 Å². The first-order valence-corrected chi connectivity index (χ1v) is 9.81. The van der Waals surface area contributed by atoms with E-state index in [1.807, 2.05) is 48.0 Å². The molecule has 2 aromatic heterocycles. The fourth-order valence-corrected chi connectivity index (χ4v) is 4.00. The molecule has 1 aliphatic rings. The van der Waals surface area contributed by atoms with Crippen molar-refractivity contribution in [2.45, 2.75) is 25.4 Å². The molecule has 0 radical (unpaired) electrons. The van der Waals surface area contributed by atoms with E-state index in [-0.39, 0.29) is 17.9 Å². The van der Waals surface area contributed by atoms with Gasteiger partial charge in [-0.1, -0.05) is 18.2 Å². The van der Waals surface area contributed by atoms with E-state index in [1.54, 1.807) is 21.8 Å². The number of carbonyl (C=O) groups is 2. The Morgan fingerprint density at radius 2 is 2.04 bits per heavy atom. The lowest BCUT2D eigenvalue weighted by Gasteiger charge is -2.23. The number of benzene rings is 1. The van der Waals surface area contributed by atoms with Crippen LogP contribution in [-0.4, -0.2) is 39.1 Å². The SMILES string of the molecule is O=C(NCc1ccc(-n2cccn2)cc1)[C@@H]1CCCN1C(=O)c1cccs1. The molecule has 1 aromatic carbocycles. The van der Waals surface area contributed by atoms with Crippen LogP contribution in [0.15, 0.2) is 60.2 Å². The summed E-state index contributed by atoms with van der Waals surface area (Å²) in [7, 11) is 0. The maximum atomic E-state index is 12.6. The molecule has 27 heavy (non-hydrogen) atoms. The Kier molecular flexibility index (Phi) is 5.02. The normalized spacial score (nSPS) is 16.4. The van der Waals surface area contributed by atoms with Crippen molar-refractivity contribution >= 4 is 23.2 Å². The molecule has 4 rings (SSSR count). The zero-order valence-corrected chi connectivity index (χ0v) is 15.6. The monoisotopic (exact) mass is 380 g/mol. The lowest BCUT2D eigenvalue weighted by molar-refractivity contribution is -0.125. The quantitative estimate of drug-likeness (QED) is 0.740. The van der Waals surface area contributed by atoms with Crippen LogP contribution in [0.25, 0.3) is 5.69 Å². The predicted molar refractivity (Wildman–Crippen MR) is 104 cm³/mol. The van der Waals surface area contributed by atoms with Gasteiger partial charge in [-0.25, -0.2) is 4.68 Å². The summed E-state index contributed by atoms with van der Waals surface area (Å²) in [6.07, 6.45) is 5.18. The van der Waals surface area contributed by atoms with Gasteiger partial charge in [0, 0.05) is 25.5 Å². The molecule has 1 saturated heterocycles. The van der Waals surface area contributed by atoms with E-state index in [1.165, 1.54) is 11.3 Å². The zero-order valence-electron chi connectivity index (χ0n) is 14.7. The van der Waals surface area contributed by atoms with Crippen molar-refractivity contribution < 1.29 is 9.59 Å². The number of thiophene rings is 1. The lowest BCUT2D eigenvalue weighted by atomic mass is 10.1. The molecule has 0 aliphatic carbocycles. The second-order valence-corrected chi connectivity index (χ2v) is 7.42. The minimum Gasteiger partial charge on any atom is -0.350 e. The Morgan fingerprint density at radius 3 is 2.74 bits per heavy atom. The molecule has 7 heteroatoms. The molecule has 2 amide bonds. The van der Waals surface area contributed by atoms with Crippen LogP contribution < -0.4 is 5.32 Å². The summed E-state index contributed by atoms with van der Waals surface area (Å²) in [5.41, 5.74) is 1.98. The van der Waals surface area contributed by atoms with Gasteiger partial charge in [-0.3, -0.25) is 9.59 Å². The Hall–Kier alpha value is -2.93. The van der Waals surface area contributed by atoms with E-state index in [2.05, 4.69) is 10.4 Å². The highest BCUT2D eigenvalue weighted by Gasteiger charge is 2.34. The van der Waals surface area contributed by atoms with Gasteiger partial charge in [0.15, 0.2) is 0 Å². The largest absolute Gasteiger partial charge is 0.350 e. The summed E-state index contributed by atoms with van der Waals surface area (Å²) in [5.74, 6) is -0.139. The first kappa shape index (κ1) is 17.5. The van der Waals surface area contributed by atoms with Gasteiger partial charge in [0.1, 0.15) is 6.04 Å². The topological polar surface area (TPSA) is 67.2 Å². The molecule has 1 aliphatic heterocycles. The van der Waals surface area contributed by atoms with E-state index < -0.39 is 0 Å². The maximum absolute atomic E-state index is 12.6. The third kappa shape index (κ3) is 3.78. The highest BCUT2D eigenvalue weighted by Crippen LogP contribution is 2.22. The number of rotatable bonds is 5. The zero-order chi connectivity index (χ0) is 18.6. The van der Waals surface area contributed by atoms with Crippen LogP contribution in [0.4, 0.5) is 0 Å². The van der Waals surface area contributed by atoms with E-state index in [4.69, 9.17) is 0 Å². The molecule has 1 atom stereocenters. The molecular weight excluding hydrogens is 360 g/mol. The van der Waals surface area contributed by atoms with Crippen LogP contribution in [0.3, 0.4) is 0 Å². The fourth-order valence-electron chi connectivity index (χ4n) is 3.32.